The highest BCUT2D eigenvalue weighted by Crippen LogP contribution is 2.37. The maximum Gasteiger partial charge on any atom is 0.195 e. The maximum atomic E-state index is 14.4. The third-order valence-electron chi connectivity index (χ3n) is 5.85. The first-order valence-corrected chi connectivity index (χ1v) is 9.47. The second-order valence-corrected chi connectivity index (χ2v) is 7.51. The summed E-state index contributed by atoms with van der Waals surface area (Å²) >= 11 is 0. The van der Waals surface area contributed by atoms with Crippen LogP contribution in [0.4, 0.5) is 17.6 Å². The molecule has 0 aromatic heterocycles. The third kappa shape index (κ3) is 3.32. The fraction of sp³-hybridized carbons (Fsp3) is 0.250. The highest BCUT2D eigenvalue weighted by Gasteiger charge is 2.21. The molecule has 1 saturated carbocycles. The molecule has 0 atom stereocenters. The van der Waals surface area contributed by atoms with Crippen molar-refractivity contribution in [1.82, 2.24) is 0 Å². The predicted octanol–water partition coefficient (Wildman–Crippen LogP) is 7.52. The molecule has 0 spiro atoms. The fourth-order valence-corrected chi connectivity index (χ4v) is 4.19. The van der Waals surface area contributed by atoms with Gasteiger partial charge in [0.15, 0.2) is 17.5 Å². The average Bonchev–Trinajstić information content (AvgIpc) is 2.72. The Balaban J connectivity index is 1.65. The van der Waals surface area contributed by atoms with E-state index in [-0.39, 0.29) is 5.39 Å². The first-order chi connectivity index (χ1) is 13.5. The molecule has 0 nitrogen and oxygen atoms in total. The number of rotatable bonds is 3. The molecule has 1 fully saturated rings. The van der Waals surface area contributed by atoms with E-state index >= 15 is 0 Å². The average molecular weight is 384 g/mol. The van der Waals surface area contributed by atoms with Crippen LogP contribution in [0.1, 0.15) is 37.2 Å². The smallest absolute Gasteiger partial charge is 0.195 e. The van der Waals surface area contributed by atoms with Crippen molar-refractivity contribution in [2.45, 2.75) is 31.6 Å². The van der Waals surface area contributed by atoms with Crippen LogP contribution in [0.15, 0.2) is 55.1 Å². The minimum Gasteiger partial charge on any atom is -0.206 e. The van der Waals surface area contributed by atoms with Gasteiger partial charge in [-0.2, -0.15) is 0 Å². The van der Waals surface area contributed by atoms with Crippen LogP contribution >= 0.6 is 0 Å². The minimum atomic E-state index is -1.66. The van der Waals surface area contributed by atoms with E-state index in [9.17, 15) is 17.6 Å². The van der Waals surface area contributed by atoms with E-state index in [1.54, 1.807) is 0 Å². The third-order valence-corrected chi connectivity index (χ3v) is 5.85. The predicted molar refractivity (Wildman–Crippen MR) is 104 cm³/mol. The van der Waals surface area contributed by atoms with Gasteiger partial charge in [0, 0.05) is 0 Å². The number of hydrogen-bond donors (Lipinski definition) is 0. The van der Waals surface area contributed by atoms with Crippen LogP contribution in [0.2, 0.25) is 0 Å². The largest absolute Gasteiger partial charge is 0.206 e. The normalized spacial score (nSPS) is 19.7. The Morgan fingerprint density at radius 3 is 2.07 bits per heavy atom. The lowest BCUT2D eigenvalue weighted by atomic mass is 9.78. The Hall–Kier alpha value is -2.62. The van der Waals surface area contributed by atoms with Crippen LogP contribution in [-0.2, 0) is 0 Å². The number of benzene rings is 3. The van der Waals surface area contributed by atoms with Gasteiger partial charge in [0.2, 0.25) is 0 Å². The molecule has 28 heavy (non-hydrogen) atoms. The van der Waals surface area contributed by atoms with Gasteiger partial charge in [-0.1, -0.05) is 30.3 Å². The van der Waals surface area contributed by atoms with Gasteiger partial charge in [-0.15, -0.1) is 6.58 Å². The molecule has 144 valence electrons. The van der Waals surface area contributed by atoms with Gasteiger partial charge in [-0.05, 0) is 77.8 Å². The summed E-state index contributed by atoms with van der Waals surface area (Å²) in [4.78, 5) is 0. The number of hydrogen-bond acceptors (Lipinski definition) is 0. The van der Waals surface area contributed by atoms with Crippen molar-refractivity contribution in [1.29, 1.82) is 0 Å². The molecule has 0 amide bonds. The maximum absolute atomic E-state index is 14.4. The van der Waals surface area contributed by atoms with E-state index in [2.05, 4.69) is 6.58 Å². The zero-order valence-electron chi connectivity index (χ0n) is 15.3. The second kappa shape index (κ2) is 7.42. The summed E-state index contributed by atoms with van der Waals surface area (Å²) in [7, 11) is 0. The van der Waals surface area contributed by atoms with E-state index in [1.807, 2.05) is 30.3 Å². The second-order valence-electron chi connectivity index (χ2n) is 7.51. The van der Waals surface area contributed by atoms with E-state index in [1.165, 1.54) is 11.6 Å². The molecule has 1 aliphatic carbocycles. The molecule has 0 unspecified atom stereocenters. The van der Waals surface area contributed by atoms with Gasteiger partial charge in [-0.25, -0.2) is 17.6 Å². The van der Waals surface area contributed by atoms with Gasteiger partial charge in [0.05, 0.1) is 5.39 Å². The Kier molecular flexibility index (Phi) is 4.96. The summed E-state index contributed by atoms with van der Waals surface area (Å²) in [6.07, 6.45) is 6.54. The molecule has 3 aromatic carbocycles. The molecule has 4 rings (SSSR count). The number of allylic oxidation sites excluding steroid dienone is 1. The number of fused-ring (bicyclic) bond motifs is 1. The highest BCUT2D eigenvalue weighted by atomic mass is 19.2. The van der Waals surface area contributed by atoms with E-state index in [4.69, 9.17) is 0 Å². The Labute approximate surface area is 161 Å². The molecule has 0 saturated heterocycles. The minimum absolute atomic E-state index is 0.00164. The number of halogens is 4. The van der Waals surface area contributed by atoms with Crippen molar-refractivity contribution in [3.05, 3.63) is 84.0 Å². The van der Waals surface area contributed by atoms with Crippen LogP contribution in [0.3, 0.4) is 0 Å². The Morgan fingerprint density at radius 2 is 1.43 bits per heavy atom. The lowest BCUT2D eigenvalue weighted by molar-refractivity contribution is 0.376. The van der Waals surface area contributed by atoms with Gasteiger partial charge >= 0.3 is 0 Å². The van der Waals surface area contributed by atoms with Crippen LogP contribution in [0.25, 0.3) is 21.9 Å². The monoisotopic (exact) mass is 384 g/mol. The first-order valence-electron chi connectivity index (χ1n) is 9.47. The SMILES string of the molecule is C=C[C@H]1CC[C@H](c2ccc(-c3cc(F)c4c(F)c(F)c(F)cc4c3)cc2)CC1. The van der Waals surface area contributed by atoms with Gasteiger partial charge in [0.25, 0.3) is 0 Å². The van der Waals surface area contributed by atoms with Gasteiger partial charge in [0.1, 0.15) is 5.82 Å². The zero-order valence-corrected chi connectivity index (χ0v) is 15.3. The van der Waals surface area contributed by atoms with Crippen molar-refractivity contribution < 1.29 is 17.6 Å². The van der Waals surface area contributed by atoms with Gasteiger partial charge < -0.3 is 0 Å². The van der Waals surface area contributed by atoms with Gasteiger partial charge in [-0.3, -0.25) is 0 Å². The summed E-state index contributed by atoms with van der Waals surface area (Å²) in [5.41, 5.74) is 2.48. The summed E-state index contributed by atoms with van der Waals surface area (Å²) < 4.78 is 55.3. The van der Waals surface area contributed by atoms with Crippen molar-refractivity contribution >= 4 is 10.8 Å². The molecule has 0 heterocycles. The molecule has 0 aliphatic heterocycles. The summed E-state index contributed by atoms with van der Waals surface area (Å²) in [6, 6.07) is 11.3. The topological polar surface area (TPSA) is 0 Å². The van der Waals surface area contributed by atoms with Crippen molar-refractivity contribution in [2.75, 3.05) is 0 Å². The van der Waals surface area contributed by atoms with E-state index in [0.717, 1.165) is 43.4 Å². The molecule has 0 N–H and O–H groups in total. The van der Waals surface area contributed by atoms with Crippen LogP contribution in [0, 0.1) is 29.2 Å². The Morgan fingerprint density at radius 1 is 0.750 bits per heavy atom. The summed E-state index contributed by atoms with van der Waals surface area (Å²) in [5, 5.41) is -0.531. The highest BCUT2D eigenvalue weighted by molar-refractivity contribution is 5.88. The van der Waals surface area contributed by atoms with E-state index < -0.39 is 28.7 Å². The quantitative estimate of drug-likeness (QED) is 0.249. The zero-order chi connectivity index (χ0) is 19.8. The molecular formula is C24H20F4. The lowest BCUT2D eigenvalue weighted by Crippen LogP contribution is -2.11. The molecule has 3 aromatic rings. The Bertz CT molecular complexity index is 1030. The van der Waals surface area contributed by atoms with Crippen LogP contribution < -0.4 is 0 Å². The molecular weight excluding hydrogens is 364 g/mol. The van der Waals surface area contributed by atoms with Crippen LogP contribution in [0.5, 0.6) is 0 Å². The molecule has 4 heteroatoms. The fourth-order valence-electron chi connectivity index (χ4n) is 4.19. The van der Waals surface area contributed by atoms with Crippen molar-refractivity contribution in [2.24, 2.45) is 5.92 Å². The summed E-state index contributed by atoms with van der Waals surface area (Å²) in [6.45, 7) is 3.87. The molecule has 1 aliphatic rings. The van der Waals surface area contributed by atoms with Crippen molar-refractivity contribution in [3.8, 4) is 11.1 Å². The van der Waals surface area contributed by atoms with Crippen molar-refractivity contribution in [3.63, 3.8) is 0 Å². The first kappa shape index (κ1) is 18.7. The van der Waals surface area contributed by atoms with Crippen LogP contribution in [-0.4, -0.2) is 0 Å². The molecule has 0 radical (unpaired) electrons. The standard InChI is InChI=1S/C24H20F4/c1-2-14-3-5-15(6-4-14)16-7-9-17(10-8-16)18-11-19-13-21(26)23(27)24(28)22(19)20(25)12-18/h2,7-15H,1,3-6H2/t14-,15-. The summed E-state index contributed by atoms with van der Waals surface area (Å²) in [5.74, 6) is -4.28. The van der Waals surface area contributed by atoms with E-state index in [0.29, 0.717) is 17.4 Å². The lowest BCUT2D eigenvalue weighted by Gasteiger charge is -2.27. The molecule has 0 bridgehead atoms.